The first-order valence-corrected chi connectivity index (χ1v) is 12.0. The molecule has 3 N–H and O–H groups in total. The zero-order valence-electron chi connectivity index (χ0n) is 18.9. The van der Waals surface area contributed by atoms with E-state index in [0.29, 0.717) is 14.8 Å². The summed E-state index contributed by atoms with van der Waals surface area (Å²) >= 11 is 2.02. The lowest BCUT2D eigenvalue weighted by molar-refractivity contribution is -0.112. The molecule has 3 aromatic carbocycles. The van der Waals surface area contributed by atoms with Crippen molar-refractivity contribution in [2.75, 3.05) is 18.5 Å². The van der Waals surface area contributed by atoms with E-state index in [-0.39, 0.29) is 30.5 Å². The Hall–Kier alpha value is -3.66. The molecule has 178 valence electrons. The Labute approximate surface area is 216 Å². The van der Waals surface area contributed by atoms with Crippen LogP contribution in [-0.4, -0.2) is 36.2 Å². The molecule has 1 aliphatic rings. The number of halogens is 1. The van der Waals surface area contributed by atoms with Crippen LogP contribution in [0.1, 0.15) is 34.3 Å². The zero-order valence-corrected chi connectivity index (χ0v) is 21.0. The topological polar surface area (TPSA) is 105 Å². The maximum absolute atomic E-state index is 12.5. The average Bonchev–Trinajstić information content (AvgIpc) is 3.17. The number of anilines is 1. The molecule has 4 rings (SSSR count). The van der Waals surface area contributed by atoms with Gasteiger partial charge >= 0.3 is 12.1 Å². The number of hydrogen-bond acceptors (Lipinski definition) is 4. The van der Waals surface area contributed by atoms with Gasteiger partial charge in [0.1, 0.15) is 6.61 Å². The maximum atomic E-state index is 12.5. The molecule has 0 heterocycles. The Morgan fingerprint density at radius 3 is 2.26 bits per heavy atom. The SMILES string of the molecule is C/C(=C\CNC(=O)OCC1c2ccccc2-c2ccccc21)C(=O)Nc1cc(C(=O)O)ccc1I. The first-order valence-electron chi connectivity index (χ1n) is 10.9. The van der Waals surface area contributed by atoms with Gasteiger partial charge < -0.3 is 20.5 Å². The van der Waals surface area contributed by atoms with E-state index in [1.165, 1.54) is 12.1 Å². The Balaban J connectivity index is 1.31. The lowest BCUT2D eigenvalue weighted by atomic mass is 9.98. The van der Waals surface area contributed by atoms with Crippen LogP contribution in [0.2, 0.25) is 0 Å². The minimum absolute atomic E-state index is 0.0276. The van der Waals surface area contributed by atoms with Crippen molar-refractivity contribution in [3.05, 3.63) is 98.6 Å². The molecule has 35 heavy (non-hydrogen) atoms. The van der Waals surface area contributed by atoms with E-state index in [4.69, 9.17) is 9.84 Å². The minimum atomic E-state index is -1.07. The largest absolute Gasteiger partial charge is 0.478 e. The van der Waals surface area contributed by atoms with E-state index in [1.807, 2.05) is 46.9 Å². The van der Waals surface area contributed by atoms with Crippen LogP contribution in [0, 0.1) is 3.57 Å². The van der Waals surface area contributed by atoms with Gasteiger partial charge in [0, 0.05) is 21.6 Å². The second-order valence-corrected chi connectivity index (χ2v) is 9.21. The predicted octanol–water partition coefficient (Wildman–Crippen LogP) is 5.41. The standard InChI is InChI=1S/C27H23IN2O5/c1-16(25(31)30-24-14-17(26(32)33)10-11-23(24)28)12-13-29-27(34)35-15-22-20-8-4-2-6-18(20)19-7-3-5-9-21(19)22/h2-12,14,22H,13,15H2,1H3,(H,29,34)(H,30,31)(H,32,33)/b16-12+. The maximum Gasteiger partial charge on any atom is 0.407 e. The van der Waals surface area contributed by atoms with E-state index in [0.717, 1.165) is 22.3 Å². The number of benzene rings is 3. The van der Waals surface area contributed by atoms with E-state index in [9.17, 15) is 14.4 Å². The van der Waals surface area contributed by atoms with Gasteiger partial charge in [-0.15, -0.1) is 0 Å². The Morgan fingerprint density at radius 1 is 1.00 bits per heavy atom. The number of carboxylic acids is 1. The number of ether oxygens (including phenoxy) is 1. The van der Waals surface area contributed by atoms with Gasteiger partial charge in [0.2, 0.25) is 0 Å². The van der Waals surface area contributed by atoms with Crippen molar-refractivity contribution >= 4 is 46.2 Å². The fraction of sp³-hybridized carbons (Fsp3) is 0.148. The summed E-state index contributed by atoms with van der Waals surface area (Å²) in [4.78, 5) is 35.9. The molecule has 0 saturated heterocycles. The van der Waals surface area contributed by atoms with Crippen molar-refractivity contribution in [1.29, 1.82) is 0 Å². The number of carbonyl (C=O) groups excluding carboxylic acids is 2. The number of amides is 2. The van der Waals surface area contributed by atoms with E-state index >= 15 is 0 Å². The number of aromatic carboxylic acids is 1. The van der Waals surface area contributed by atoms with Crippen LogP contribution in [0.15, 0.2) is 78.4 Å². The van der Waals surface area contributed by atoms with Gasteiger partial charge in [-0.05, 0) is 70.0 Å². The molecule has 0 aliphatic heterocycles. The van der Waals surface area contributed by atoms with E-state index in [1.54, 1.807) is 19.1 Å². The molecule has 2 amide bonds. The second kappa shape index (κ2) is 10.7. The number of hydrogen-bond donors (Lipinski definition) is 3. The average molecular weight is 582 g/mol. The van der Waals surface area contributed by atoms with Crippen molar-refractivity contribution in [2.45, 2.75) is 12.8 Å². The summed E-state index contributed by atoms with van der Waals surface area (Å²) < 4.78 is 6.21. The van der Waals surface area contributed by atoms with Crippen LogP contribution in [0.4, 0.5) is 10.5 Å². The number of fused-ring (bicyclic) bond motifs is 3. The van der Waals surface area contributed by atoms with Gasteiger partial charge in [-0.25, -0.2) is 9.59 Å². The van der Waals surface area contributed by atoms with Crippen LogP contribution in [0.5, 0.6) is 0 Å². The van der Waals surface area contributed by atoms with Gasteiger partial charge in [0.05, 0.1) is 11.3 Å². The molecule has 0 unspecified atom stereocenters. The minimum Gasteiger partial charge on any atom is -0.478 e. The van der Waals surface area contributed by atoms with Gasteiger partial charge in [0.25, 0.3) is 5.91 Å². The summed E-state index contributed by atoms with van der Waals surface area (Å²) in [6.07, 6.45) is 1.00. The highest BCUT2D eigenvalue weighted by atomic mass is 127. The quantitative estimate of drug-likeness (QED) is 0.255. The monoisotopic (exact) mass is 582 g/mol. The van der Waals surface area contributed by atoms with Crippen molar-refractivity contribution < 1.29 is 24.2 Å². The van der Waals surface area contributed by atoms with E-state index < -0.39 is 12.1 Å². The molecule has 0 bridgehead atoms. The molecule has 0 spiro atoms. The molecule has 0 fully saturated rings. The van der Waals surface area contributed by atoms with Gasteiger partial charge in [-0.2, -0.15) is 0 Å². The zero-order chi connectivity index (χ0) is 24.9. The van der Waals surface area contributed by atoms with Crippen LogP contribution in [0.25, 0.3) is 11.1 Å². The molecule has 0 radical (unpaired) electrons. The molecular formula is C27H23IN2O5. The molecule has 0 aromatic heterocycles. The van der Waals surface area contributed by atoms with Crippen molar-refractivity contribution in [3.63, 3.8) is 0 Å². The van der Waals surface area contributed by atoms with Gasteiger partial charge in [-0.1, -0.05) is 54.6 Å². The second-order valence-electron chi connectivity index (χ2n) is 8.05. The van der Waals surface area contributed by atoms with Crippen LogP contribution >= 0.6 is 22.6 Å². The fourth-order valence-corrected chi connectivity index (χ4v) is 4.47. The molecule has 0 saturated carbocycles. The van der Waals surface area contributed by atoms with E-state index in [2.05, 4.69) is 34.9 Å². The Kier molecular flexibility index (Phi) is 7.50. The van der Waals surface area contributed by atoms with Gasteiger partial charge in [0.15, 0.2) is 0 Å². The summed E-state index contributed by atoms with van der Waals surface area (Å²) in [5, 5.41) is 14.5. The Morgan fingerprint density at radius 2 is 1.63 bits per heavy atom. The normalized spacial score (nSPS) is 12.5. The van der Waals surface area contributed by atoms with Crippen LogP contribution in [-0.2, 0) is 9.53 Å². The van der Waals surface area contributed by atoms with Crippen LogP contribution < -0.4 is 10.6 Å². The molecule has 1 aliphatic carbocycles. The molecule has 7 nitrogen and oxygen atoms in total. The Bertz CT molecular complexity index is 1290. The van der Waals surface area contributed by atoms with Crippen molar-refractivity contribution in [1.82, 2.24) is 5.32 Å². The van der Waals surface area contributed by atoms with Crippen LogP contribution in [0.3, 0.4) is 0 Å². The highest BCUT2D eigenvalue weighted by Crippen LogP contribution is 2.44. The third kappa shape index (κ3) is 5.54. The number of carbonyl (C=O) groups is 3. The summed E-state index contributed by atoms with van der Waals surface area (Å²) in [7, 11) is 0. The highest BCUT2D eigenvalue weighted by molar-refractivity contribution is 14.1. The number of carboxylic acid groups (broad SMARTS) is 1. The van der Waals surface area contributed by atoms with Crippen molar-refractivity contribution in [3.8, 4) is 11.1 Å². The number of alkyl carbamates (subject to hydrolysis) is 1. The first kappa shape index (κ1) is 24.5. The molecule has 3 aromatic rings. The molecule has 0 atom stereocenters. The summed E-state index contributed by atoms with van der Waals surface area (Å²) in [6, 6.07) is 20.7. The summed E-state index contributed by atoms with van der Waals surface area (Å²) in [5.74, 6) is -1.49. The lowest BCUT2D eigenvalue weighted by Crippen LogP contribution is -2.26. The number of rotatable bonds is 7. The smallest absolute Gasteiger partial charge is 0.407 e. The molecular weight excluding hydrogens is 559 g/mol. The summed E-state index contributed by atoms with van der Waals surface area (Å²) in [5.41, 5.74) is 5.45. The lowest BCUT2D eigenvalue weighted by Gasteiger charge is -2.14. The fourth-order valence-electron chi connectivity index (χ4n) is 4.00. The van der Waals surface area contributed by atoms with Crippen molar-refractivity contribution in [2.24, 2.45) is 0 Å². The van der Waals surface area contributed by atoms with Gasteiger partial charge in [-0.3, -0.25) is 4.79 Å². The first-order chi connectivity index (χ1) is 16.8. The number of nitrogens with one attached hydrogen (secondary N) is 2. The third-order valence-electron chi connectivity index (χ3n) is 5.82. The predicted molar refractivity (Wildman–Crippen MR) is 142 cm³/mol. The third-order valence-corrected chi connectivity index (χ3v) is 6.76. The highest BCUT2D eigenvalue weighted by Gasteiger charge is 2.28. The molecule has 8 heteroatoms. The summed E-state index contributed by atoms with van der Waals surface area (Å²) in [6.45, 7) is 1.94.